The molecule has 1 aromatic carbocycles. The van der Waals surface area contributed by atoms with Gasteiger partial charge in [0, 0.05) is 24.8 Å². The van der Waals surface area contributed by atoms with Crippen LogP contribution in [0.25, 0.3) is 0 Å². The summed E-state index contributed by atoms with van der Waals surface area (Å²) < 4.78 is 11.7. The molecule has 1 aliphatic carbocycles. The van der Waals surface area contributed by atoms with E-state index in [9.17, 15) is 4.79 Å². The number of morpholine rings is 1. The van der Waals surface area contributed by atoms with Gasteiger partial charge in [-0.3, -0.25) is 4.79 Å². The molecule has 0 spiro atoms. The first kappa shape index (κ1) is 17.1. The van der Waals surface area contributed by atoms with E-state index in [2.05, 4.69) is 5.32 Å². The molecule has 1 aliphatic heterocycles. The largest absolute Gasteiger partial charge is 0.490 e. The van der Waals surface area contributed by atoms with Crippen molar-refractivity contribution < 1.29 is 14.3 Å². The Kier molecular flexibility index (Phi) is 5.61. The van der Waals surface area contributed by atoms with Gasteiger partial charge < -0.3 is 19.7 Å². The summed E-state index contributed by atoms with van der Waals surface area (Å²) in [5.41, 5.74) is 0.924. The summed E-state index contributed by atoms with van der Waals surface area (Å²) in [7, 11) is 0. The maximum absolute atomic E-state index is 12.4. The number of hydrogen-bond acceptors (Lipinski definition) is 4. The molecule has 1 amide bonds. The molecule has 5 nitrogen and oxygen atoms in total. The van der Waals surface area contributed by atoms with Crippen LogP contribution in [0.1, 0.15) is 39.5 Å². The van der Waals surface area contributed by atoms with E-state index >= 15 is 0 Å². The highest BCUT2D eigenvalue weighted by Crippen LogP contribution is 2.25. The molecule has 1 aromatic rings. The number of hydrogen-bond donors (Lipinski definition) is 1. The number of carbonyl (C=O) groups excluding carboxylic acids is 1. The molecule has 2 fully saturated rings. The summed E-state index contributed by atoms with van der Waals surface area (Å²) in [6, 6.07) is 7.90. The van der Waals surface area contributed by atoms with Crippen molar-refractivity contribution in [2.24, 2.45) is 0 Å². The Morgan fingerprint density at radius 2 is 1.96 bits per heavy atom. The average molecular weight is 332 g/mol. The predicted molar refractivity (Wildman–Crippen MR) is 94.4 cm³/mol. The summed E-state index contributed by atoms with van der Waals surface area (Å²) in [6.07, 6.45) is 5.34. The molecule has 1 saturated heterocycles. The van der Waals surface area contributed by atoms with Crippen LogP contribution in [0.5, 0.6) is 5.75 Å². The predicted octanol–water partition coefficient (Wildman–Crippen LogP) is 3.06. The lowest BCUT2D eigenvalue weighted by Gasteiger charge is -2.35. The van der Waals surface area contributed by atoms with E-state index in [1.54, 1.807) is 0 Å². The van der Waals surface area contributed by atoms with Crippen molar-refractivity contribution in [3.8, 4) is 5.75 Å². The van der Waals surface area contributed by atoms with E-state index in [1.807, 2.05) is 43.0 Å². The van der Waals surface area contributed by atoms with Gasteiger partial charge in [0.15, 0.2) is 0 Å². The van der Waals surface area contributed by atoms with E-state index in [4.69, 9.17) is 9.47 Å². The average Bonchev–Trinajstić information content (AvgIpc) is 3.05. The molecular weight excluding hydrogens is 304 g/mol. The van der Waals surface area contributed by atoms with Gasteiger partial charge in [0.25, 0.3) is 0 Å². The molecule has 24 heavy (non-hydrogen) atoms. The molecule has 1 heterocycles. The van der Waals surface area contributed by atoms with E-state index < -0.39 is 0 Å². The highest BCUT2D eigenvalue weighted by molar-refractivity contribution is 5.81. The first-order chi connectivity index (χ1) is 11.6. The number of nitrogens with one attached hydrogen (secondary N) is 1. The van der Waals surface area contributed by atoms with Crippen LogP contribution in [0.4, 0.5) is 5.69 Å². The van der Waals surface area contributed by atoms with Crippen LogP contribution in [-0.2, 0) is 9.53 Å². The quantitative estimate of drug-likeness (QED) is 0.900. The molecule has 0 bridgehead atoms. The molecule has 3 rings (SSSR count). The minimum atomic E-state index is 0.0980. The highest BCUT2D eigenvalue weighted by atomic mass is 16.5. The number of ether oxygens (including phenoxy) is 2. The summed E-state index contributed by atoms with van der Waals surface area (Å²) in [4.78, 5) is 14.3. The Labute approximate surface area is 144 Å². The van der Waals surface area contributed by atoms with Crippen molar-refractivity contribution in [1.82, 2.24) is 4.90 Å². The maximum atomic E-state index is 12.4. The van der Waals surface area contributed by atoms with Gasteiger partial charge in [-0.05, 0) is 51.7 Å². The van der Waals surface area contributed by atoms with E-state index in [0.717, 1.165) is 24.3 Å². The summed E-state index contributed by atoms with van der Waals surface area (Å²) in [5.74, 6) is 0.993. The molecule has 5 heteroatoms. The van der Waals surface area contributed by atoms with Gasteiger partial charge in [-0.2, -0.15) is 0 Å². The second-order valence-electron chi connectivity index (χ2n) is 6.96. The number of amides is 1. The monoisotopic (exact) mass is 332 g/mol. The summed E-state index contributed by atoms with van der Waals surface area (Å²) in [5, 5.41) is 3.22. The molecular formula is C19H28N2O3. The Balaban J connectivity index is 1.51. The molecule has 1 N–H and O–H groups in total. The summed E-state index contributed by atoms with van der Waals surface area (Å²) in [6.45, 7) is 5.64. The fourth-order valence-electron chi connectivity index (χ4n) is 3.55. The van der Waals surface area contributed by atoms with Gasteiger partial charge in [-0.25, -0.2) is 0 Å². The van der Waals surface area contributed by atoms with Crippen LogP contribution in [-0.4, -0.2) is 48.8 Å². The Hall–Kier alpha value is -1.75. The molecule has 2 atom stereocenters. The zero-order valence-corrected chi connectivity index (χ0v) is 14.7. The molecule has 0 radical (unpaired) electrons. The number of anilines is 1. The number of rotatable bonds is 5. The first-order valence-electron chi connectivity index (χ1n) is 9.04. The van der Waals surface area contributed by atoms with Crippen molar-refractivity contribution in [2.75, 3.05) is 25.0 Å². The van der Waals surface area contributed by atoms with Crippen molar-refractivity contribution in [3.63, 3.8) is 0 Å². The van der Waals surface area contributed by atoms with Gasteiger partial charge >= 0.3 is 0 Å². The lowest BCUT2D eigenvalue weighted by Crippen LogP contribution is -2.49. The van der Waals surface area contributed by atoms with Gasteiger partial charge in [-0.1, -0.05) is 6.07 Å². The third kappa shape index (κ3) is 4.63. The minimum Gasteiger partial charge on any atom is -0.490 e. The van der Waals surface area contributed by atoms with E-state index in [1.165, 1.54) is 12.8 Å². The first-order valence-corrected chi connectivity index (χ1v) is 9.04. The van der Waals surface area contributed by atoms with Gasteiger partial charge in [-0.15, -0.1) is 0 Å². The second kappa shape index (κ2) is 7.88. The topological polar surface area (TPSA) is 50.8 Å². The minimum absolute atomic E-state index is 0.0980. The van der Waals surface area contributed by atoms with Crippen LogP contribution in [0.3, 0.4) is 0 Å². The zero-order valence-electron chi connectivity index (χ0n) is 14.7. The summed E-state index contributed by atoms with van der Waals surface area (Å²) >= 11 is 0. The molecule has 0 unspecified atom stereocenters. The Morgan fingerprint density at radius 3 is 2.67 bits per heavy atom. The maximum Gasteiger partial charge on any atom is 0.242 e. The number of benzene rings is 1. The van der Waals surface area contributed by atoms with Crippen LogP contribution in [0.2, 0.25) is 0 Å². The normalized spacial score (nSPS) is 24.8. The highest BCUT2D eigenvalue weighted by Gasteiger charge is 2.25. The van der Waals surface area contributed by atoms with Gasteiger partial charge in [0.05, 0.1) is 24.9 Å². The van der Waals surface area contributed by atoms with Crippen molar-refractivity contribution in [1.29, 1.82) is 0 Å². The molecule has 1 saturated carbocycles. The second-order valence-corrected chi connectivity index (χ2v) is 6.96. The third-order valence-electron chi connectivity index (χ3n) is 4.66. The molecule has 2 aliphatic rings. The Bertz CT molecular complexity index is 547. The van der Waals surface area contributed by atoms with E-state index in [0.29, 0.717) is 25.7 Å². The number of carbonyl (C=O) groups is 1. The van der Waals surface area contributed by atoms with Crippen LogP contribution in [0, 0.1) is 0 Å². The smallest absolute Gasteiger partial charge is 0.242 e. The van der Waals surface area contributed by atoms with Gasteiger partial charge in [0.2, 0.25) is 5.91 Å². The van der Waals surface area contributed by atoms with Crippen LogP contribution in [0.15, 0.2) is 24.3 Å². The fourth-order valence-corrected chi connectivity index (χ4v) is 3.55. The van der Waals surface area contributed by atoms with Crippen molar-refractivity contribution >= 4 is 11.6 Å². The number of nitrogens with zero attached hydrogens (tertiary/aromatic N) is 1. The van der Waals surface area contributed by atoms with E-state index in [-0.39, 0.29) is 18.1 Å². The lowest BCUT2D eigenvalue weighted by atomic mass is 10.2. The van der Waals surface area contributed by atoms with Crippen LogP contribution < -0.4 is 10.1 Å². The molecule has 132 valence electrons. The fraction of sp³-hybridized carbons (Fsp3) is 0.632. The van der Waals surface area contributed by atoms with Crippen molar-refractivity contribution in [3.05, 3.63) is 24.3 Å². The van der Waals surface area contributed by atoms with Gasteiger partial charge in [0.1, 0.15) is 5.75 Å². The Morgan fingerprint density at radius 1 is 1.25 bits per heavy atom. The SMILES string of the molecule is C[C@@H]1CN(C(=O)CNc2cccc(OC3CCCC3)c2)C[C@H](C)O1. The standard InChI is InChI=1S/C19H28N2O3/c1-14-12-21(13-15(2)23-14)19(22)11-20-16-6-5-9-18(10-16)24-17-7-3-4-8-17/h5-6,9-10,14-15,17,20H,3-4,7-8,11-13H2,1-2H3/t14-,15+. The third-order valence-corrected chi connectivity index (χ3v) is 4.66. The van der Waals surface area contributed by atoms with Crippen LogP contribution >= 0.6 is 0 Å². The lowest BCUT2D eigenvalue weighted by molar-refractivity contribution is -0.141. The van der Waals surface area contributed by atoms with Crippen molar-refractivity contribution in [2.45, 2.75) is 57.8 Å². The molecule has 0 aromatic heterocycles. The zero-order chi connectivity index (χ0) is 16.9.